The Hall–Kier alpha value is -2.52. The Morgan fingerprint density at radius 2 is 2.08 bits per heavy atom. The molecule has 0 aromatic heterocycles. The minimum atomic E-state index is -0.770. The van der Waals surface area contributed by atoms with Gasteiger partial charge in [0.15, 0.2) is 6.10 Å². The van der Waals surface area contributed by atoms with Crippen LogP contribution in [0.25, 0.3) is 0 Å². The number of benzene rings is 1. The van der Waals surface area contributed by atoms with Gasteiger partial charge in [-0.25, -0.2) is 4.79 Å². The number of amides is 1. The Kier molecular flexibility index (Phi) is 7.46. The van der Waals surface area contributed by atoms with Crippen LogP contribution < -0.4 is 10.1 Å². The van der Waals surface area contributed by atoms with Crippen molar-refractivity contribution in [3.63, 3.8) is 0 Å². The first-order valence-electron chi connectivity index (χ1n) is 7.67. The Bertz CT molecular complexity index is 708. The quantitative estimate of drug-likeness (QED) is 0.593. The van der Waals surface area contributed by atoms with E-state index < -0.39 is 17.6 Å². The van der Waals surface area contributed by atoms with Crippen molar-refractivity contribution in [2.75, 3.05) is 7.11 Å². The maximum absolute atomic E-state index is 12.5. The molecule has 1 N–H and O–H groups in total. The van der Waals surface area contributed by atoms with E-state index in [1.54, 1.807) is 26.8 Å². The number of nitrogens with zero attached hydrogens (tertiary/aromatic N) is 1. The van der Waals surface area contributed by atoms with Crippen LogP contribution in [0, 0.1) is 11.3 Å². The second kappa shape index (κ2) is 9.09. The van der Waals surface area contributed by atoms with Crippen LogP contribution in [0.3, 0.4) is 0 Å². The Morgan fingerprint density at radius 3 is 2.64 bits per heavy atom. The molecular formula is C18H21ClN2O4. The summed E-state index contributed by atoms with van der Waals surface area (Å²) in [6.45, 7) is 5.28. The Morgan fingerprint density at radius 1 is 1.40 bits per heavy atom. The molecule has 0 heterocycles. The molecule has 1 aromatic rings. The number of ether oxygens (including phenoxy) is 2. The summed E-state index contributed by atoms with van der Waals surface area (Å²) in [5.41, 5.74) is -0.423. The molecule has 0 spiro atoms. The van der Waals surface area contributed by atoms with Gasteiger partial charge in [-0.3, -0.25) is 4.79 Å². The van der Waals surface area contributed by atoms with E-state index in [-0.39, 0.29) is 5.91 Å². The number of hydrogen-bond donors (Lipinski definition) is 1. The lowest BCUT2D eigenvalue weighted by atomic mass is 10.0. The largest absolute Gasteiger partial charge is 0.481 e. The molecule has 25 heavy (non-hydrogen) atoms. The third-order valence-corrected chi connectivity index (χ3v) is 3.44. The number of nitrogens with one attached hydrogen (secondary N) is 1. The molecule has 0 radical (unpaired) electrons. The molecule has 1 amide bonds. The van der Waals surface area contributed by atoms with E-state index in [2.05, 4.69) is 10.1 Å². The van der Waals surface area contributed by atoms with Gasteiger partial charge in [-0.15, -0.1) is 0 Å². The fraction of sp³-hybridized carbons (Fsp3) is 0.389. The van der Waals surface area contributed by atoms with E-state index in [0.29, 0.717) is 22.8 Å². The van der Waals surface area contributed by atoms with E-state index in [4.69, 9.17) is 21.6 Å². The zero-order valence-corrected chi connectivity index (χ0v) is 15.4. The molecule has 1 rings (SSSR count). The third-order valence-electron chi connectivity index (χ3n) is 3.22. The molecule has 0 aliphatic carbocycles. The van der Waals surface area contributed by atoms with Crippen molar-refractivity contribution in [1.82, 2.24) is 5.32 Å². The maximum Gasteiger partial charge on any atom is 0.330 e. The van der Waals surface area contributed by atoms with Crippen LogP contribution in [0.1, 0.15) is 32.8 Å². The van der Waals surface area contributed by atoms with Gasteiger partial charge >= 0.3 is 5.97 Å². The third kappa shape index (κ3) is 6.86. The van der Waals surface area contributed by atoms with Crippen LogP contribution in [0.5, 0.6) is 5.75 Å². The van der Waals surface area contributed by atoms with Gasteiger partial charge in [-0.1, -0.05) is 24.6 Å². The lowest BCUT2D eigenvalue weighted by molar-refractivity contribution is -0.135. The van der Waals surface area contributed by atoms with Crippen LogP contribution >= 0.6 is 11.6 Å². The minimum Gasteiger partial charge on any atom is -0.481 e. The van der Waals surface area contributed by atoms with E-state index in [9.17, 15) is 9.59 Å². The first kappa shape index (κ1) is 20.5. The fourth-order valence-electron chi connectivity index (χ4n) is 1.97. The first-order valence-corrected chi connectivity index (χ1v) is 8.05. The summed E-state index contributed by atoms with van der Waals surface area (Å²) in [4.78, 5) is 23.6. The first-order chi connectivity index (χ1) is 11.7. The average Bonchev–Trinajstić information content (AvgIpc) is 2.56. The van der Waals surface area contributed by atoms with Crippen molar-refractivity contribution < 1.29 is 19.1 Å². The van der Waals surface area contributed by atoms with Crippen LogP contribution in [0.2, 0.25) is 5.02 Å². The summed E-state index contributed by atoms with van der Waals surface area (Å²) < 4.78 is 10.2. The van der Waals surface area contributed by atoms with Gasteiger partial charge in [-0.05, 0) is 38.5 Å². The standard InChI is InChI=1S/C18H21ClN2O4/c1-5-15(25-14-9-12(11-20)8-13(19)10-14)17(23)21-18(2,3)7-6-16(22)24-4/h6-10,15H,5H2,1-4H3,(H,21,23)/b7-6+. The number of carbonyl (C=O) groups is 2. The summed E-state index contributed by atoms with van der Waals surface area (Å²) in [6, 6.07) is 6.55. The van der Waals surface area contributed by atoms with Crippen molar-refractivity contribution in [2.24, 2.45) is 0 Å². The summed E-state index contributed by atoms with van der Waals surface area (Å²) >= 11 is 5.94. The van der Waals surface area contributed by atoms with Gasteiger partial charge in [0.25, 0.3) is 5.91 Å². The highest BCUT2D eigenvalue weighted by Gasteiger charge is 2.25. The summed E-state index contributed by atoms with van der Waals surface area (Å²) in [6.07, 6.45) is 2.43. The van der Waals surface area contributed by atoms with E-state index in [0.717, 1.165) is 0 Å². The number of carbonyl (C=O) groups excluding carboxylic acids is 2. The molecule has 0 fully saturated rings. The molecule has 1 aromatic carbocycles. The average molecular weight is 365 g/mol. The van der Waals surface area contributed by atoms with E-state index in [1.807, 2.05) is 6.07 Å². The Labute approximate surface area is 152 Å². The van der Waals surface area contributed by atoms with Gasteiger partial charge in [0.2, 0.25) is 0 Å². The molecule has 0 aliphatic heterocycles. The summed E-state index contributed by atoms with van der Waals surface area (Å²) in [5, 5.41) is 12.1. The maximum atomic E-state index is 12.5. The van der Waals surface area contributed by atoms with Gasteiger partial charge in [0.1, 0.15) is 5.75 Å². The van der Waals surface area contributed by atoms with Crippen molar-refractivity contribution in [3.8, 4) is 11.8 Å². The number of rotatable bonds is 7. The molecule has 0 aliphatic rings. The van der Waals surface area contributed by atoms with E-state index in [1.165, 1.54) is 31.4 Å². The predicted octanol–water partition coefficient (Wildman–Crippen LogP) is 2.99. The van der Waals surface area contributed by atoms with Crippen LogP contribution in [-0.2, 0) is 14.3 Å². The van der Waals surface area contributed by atoms with Crippen LogP contribution in [0.4, 0.5) is 0 Å². The highest BCUT2D eigenvalue weighted by atomic mass is 35.5. The zero-order valence-electron chi connectivity index (χ0n) is 14.6. The second-order valence-corrected chi connectivity index (χ2v) is 6.31. The second-order valence-electron chi connectivity index (χ2n) is 5.87. The van der Waals surface area contributed by atoms with Crippen molar-refractivity contribution in [3.05, 3.63) is 40.9 Å². The predicted molar refractivity (Wildman–Crippen MR) is 94.3 cm³/mol. The number of nitriles is 1. The van der Waals surface area contributed by atoms with E-state index >= 15 is 0 Å². The molecule has 7 heteroatoms. The molecule has 134 valence electrons. The molecular weight excluding hydrogens is 344 g/mol. The lowest BCUT2D eigenvalue weighted by Crippen LogP contribution is -2.48. The van der Waals surface area contributed by atoms with Gasteiger partial charge < -0.3 is 14.8 Å². The highest BCUT2D eigenvalue weighted by Crippen LogP contribution is 2.22. The van der Waals surface area contributed by atoms with Crippen LogP contribution in [-0.4, -0.2) is 30.6 Å². The summed E-state index contributed by atoms with van der Waals surface area (Å²) in [7, 11) is 1.28. The SMILES string of the molecule is CCC(Oc1cc(Cl)cc(C#N)c1)C(=O)NC(C)(C)/C=C/C(=O)OC. The summed E-state index contributed by atoms with van der Waals surface area (Å²) in [5.74, 6) is -0.511. The van der Waals surface area contributed by atoms with Crippen molar-refractivity contribution >= 4 is 23.5 Å². The number of methoxy groups -OCH3 is 1. The molecule has 0 saturated heterocycles. The number of esters is 1. The smallest absolute Gasteiger partial charge is 0.330 e. The van der Waals surface area contributed by atoms with Crippen LogP contribution in [0.15, 0.2) is 30.4 Å². The monoisotopic (exact) mass is 364 g/mol. The molecule has 0 saturated carbocycles. The molecule has 6 nitrogen and oxygen atoms in total. The van der Waals surface area contributed by atoms with Crippen molar-refractivity contribution in [1.29, 1.82) is 5.26 Å². The number of halogens is 1. The normalized spacial score (nSPS) is 12.3. The fourth-order valence-corrected chi connectivity index (χ4v) is 2.19. The Balaban J connectivity index is 2.84. The lowest BCUT2D eigenvalue weighted by Gasteiger charge is -2.26. The van der Waals surface area contributed by atoms with Crippen molar-refractivity contribution in [2.45, 2.75) is 38.8 Å². The zero-order chi connectivity index (χ0) is 19.0. The molecule has 1 atom stereocenters. The highest BCUT2D eigenvalue weighted by molar-refractivity contribution is 6.30. The molecule has 0 bridgehead atoms. The minimum absolute atomic E-state index is 0.342. The molecule has 1 unspecified atom stereocenters. The van der Waals surface area contributed by atoms with Gasteiger partial charge in [0.05, 0.1) is 24.3 Å². The topological polar surface area (TPSA) is 88.4 Å². The van der Waals surface area contributed by atoms with Gasteiger partial charge in [0, 0.05) is 11.1 Å². The number of hydrogen-bond acceptors (Lipinski definition) is 5. The van der Waals surface area contributed by atoms with Gasteiger partial charge in [-0.2, -0.15) is 5.26 Å².